The lowest BCUT2D eigenvalue weighted by molar-refractivity contribution is -0.385. The minimum atomic E-state index is -0.475. The van der Waals surface area contributed by atoms with Crippen LogP contribution in [0.5, 0.6) is 0 Å². The van der Waals surface area contributed by atoms with Crippen LogP contribution >= 0.6 is 0 Å². The Hall–Kier alpha value is -2.15. The first kappa shape index (κ1) is 17.9. The van der Waals surface area contributed by atoms with Crippen LogP contribution in [-0.4, -0.2) is 28.7 Å². The van der Waals surface area contributed by atoms with Gasteiger partial charge in [0.1, 0.15) is 0 Å². The summed E-state index contributed by atoms with van der Waals surface area (Å²) in [6.07, 6.45) is -0.0144. The molecule has 7 nitrogen and oxygen atoms in total. The third-order valence-corrected chi connectivity index (χ3v) is 3.58. The SMILES string of the molecule is Cc1ccc([N+](=O)[O-])c(C)c1NC(=O)NCCC(O)C(C)C. The number of nitro benzene ring substituents is 1. The zero-order valence-corrected chi connectivity index (χ0v) is 13.3. The second-order valence-electron chi connectivity index (χ2n) is 5.64. The van der Waals surface area contributed by atoms with E-state index in [1.54, 1.807) is 19.9 Å². The number of nitro groups is 1. The summed E-state index contributed by atoms with van der Waals surface area (Å²) >= 11 is 0. The van der Waals surface area contributed by atoms with Crippen LogP contribution in [0, 0.1) is 29.9 Å². The Morgan fingerprint density at radius 3 is 2.55 bits per heavy atom. The first-order valence-corrected chi connectivity index (χ1v) is 7.21. The smallest absolute Gasteiger partial charge is 0.319 e. The highest BCUT2D eigenvalue weighted by Gasteiger charge is 2.17. The molecule has 0 aliphatic rings. The summed E-state index contributed by atoms with van der Waals surface area (Å²) < 4.78 is 0. The summed E-state index contributed by atoms with van der Waals surface area (Å²) in [5.74, 6) is 0.131. The van der Waals surface area contributed by atoms with Crippen molar-refractivity contribution in [3.05, 3.63) is 33.4 Å². The van der Waals surface area contributed by atoms with Gasteiger partial charge in [0, 0.05) is 12.6 Å². The molecule has 2 amide bonds. The molecule has 0 fully saturated rings. The van der Waals surface area contributed by atoms with Crippen LogP contribution < -0.4 is 10.6 Å². The van der Waals surface area contributed by atoms with E-state index in [0.717, 1.165) is 5.56 Å². The first-order valence-electron chi connectivity index (χ1n) is 7.21. The predicted molar refractivity (Wildman–Crippen MR) is 85.1 cm³/mol. The molecular formula is C15H23N3O4. The Balaban J connectivity index is 2.69. The average molecular weight is 309 g/mol. The summed E-state index contributed by atoms with van der Waals surface area (Å²) in [6.45, 7) is 7.51. The van der Waals surface area contributed by atoms with Crippen molar-refractivity contribution < 1.29 is 14.8 Å². The number of aliphatic hydroxyl groups excluding tert-OH is 1. The van der Waals surface area contributed by atoms with Gasteiger partial charge in [0.15, 0.2) is 0 Å². The molecule has 1 aromatic carbocycles. The lowest BCUT2D eigenvalue weighted by Gasteiger charge is -2.16. The largest absolute Gasteiger partial charge is 0.393 e. The molecular weight excluding hydrogens is 286 g/mol. The second kappa shape index (κ2) is 7.74. The molecule has 1 rings (SSSR count). The molecule has 0 saturated heterocycles. The van der Waals surface area contributed by atoms with Gasteiger partial charge in [-0.3, -0.25) is 10.1 Å². The molecule has 0 heterocycles. The van der Waals surface area contributed by atoms with Gasteiger partial charge >= 0.3 is 6.03 Å². The monoisotopic (exact) mass is 309 g/mol. The summed E-state index contributed by atoms with van der Waals surface area (Å²) in [4.78, 5) is 22.3. The van der Waals surface area contributed by atoms with Crippen molar-refractivity contribution in [1.29, 1.82) is 0 Å². The Morgan fingerprint density at radius 1 is 1.36 bits per heavy atom. The van der Waals surface area contributed by atoms with Crippen molar-refractivity contribution in [2.24, 2.45) is 5.92 Å². The van der Waals surface area contributed by atoms with E-state index in [1.165, 1.54) is 6.07 Å². The topological polar surface area (TPSA) is 105 Å². The van der Waals surface area contributed by atoms with E-state index in [0.29, 0.717) is 24.2 Å². The molecule has 0 aromatic heterocycles. The number of nitrogens with zero attached hydrogens (tertiary/aromatic N) is 1. The summed E-state index contributed by atoms with van der Waals surface area (Å²) in [5.41, 5.74) is 1.58. The highest BCUT2D eigenvalue weighted by atomic mass is 16.6. The number of aliphatic hydroxyl groups is 1. The van der Waals surface area contributed by atoms with Crippen LogP contribution in [0.4, 0.5) is 16.2 Å². The summed E-state index contributed by atoms with van der Waals surface area (Å²) in [6, 6.07) is 2.58. The minimum Gasteiger partial charge on any atom is -0.393 e. The number of anilines is 1. The second-order valence-corrected chi connectivity index (χ2v) is 5.64. The van der Waals surface area contributed by atoms with E-state index < -0.39 is 17.1 Å². The van der Waals surface area contributed by atoms with Crippen LogP contribution in [-0.2, 0) is 0 Å². The van der Waals surface area contributed by atoms with Crippen LogP contribution in [0.15, 0.2) is 12.1 Å². The zero-order valence-electron chi connectivity index (χ0n) is 13.3. The van der Waals surface area contributed by atoms with Gasteiger partial charge in [0.05, 0.1) is 22.3 Å². The highest BCUT2D eigenvalue weighted by molar-refractivity contribution is 5.91. The number of nitrogens with one attached hydrogen (secondary N) is 2. The lowest BCUT2D eigenvalue weighted by Crippen LogP contribution is -2.32. The van der Waals surface area contributed by atoms with Gasteiger partial charge in [-0.15, -0.1) is 0 Å². The molecule has 0 aliphatic heterocycles. The summed E-state index contributed by atoms with van der Waals surface area (Å²) in [5, 5.41) is 25.9. The molecule has 3 N–H and O–H groups in total. The molecule has 1 atom stereocenters. The quantitative estimate of drug-likeness (QED) is 0.555. The van der Waals surface area contributed by atoms with Crippen molar-refractivity contribution in [3.63, 3.8) is 0 Å². The van der Waals surface area contributed by atoms with E-state index in [9.17, 15) is 20.0 Å². The standard InChI is InChI=1S/C15H23N3O4/c1-9(2)13(19)7-8-16-15(20)17-14-10(3)5-6-12(11(14)4)18(21)22/h5-6,9,13,19H,7-8H2,1-4H3,(H2,16,17,20). The van der Waals surface area contributed by atoms with Gasteiger partial charge in [-0.05, 0) is 31.7 Å². The fourth-order valence-corrected chi connectivity index (χ4v) is 2.05. The van der Waals surface area contributed by atoms with E-state index >= 15 is 0 Å². The molecule has 0 bridgehead atoms. The molecule has 0 saturated carbocycles. The number of rotatable bonds is 6. The Kier molecular flexibility index (Phi) is 6.30. The van der Waals surface area contributed by atoms with Crippen molar-refractivity contribution in [3.8, 4) is 0 Å². The van der Waals surface area contributed by atoms with Gasteiger partial charge < -0.3 is 15.7 Å². The third kappa shape index (κ3) is 4.70. The molecule has 7 heteroatoms. The lowest BCUT2D eigenvalue weighted by atomic mass is 10.0. The molecule has 122 valence electrons. The van der Waals surface area contributed by atoms with Gasteiger partial charge in [0.25, 0.3) is 5.69 Å². The van der Waals surface area contributed by atoms with Crippen molar-refractivity contribution in [1.82, 2.24) is 5.32 Å². The van der Waals surface area contributed by atoms with Crippen LogP contribution in [0.3, 0.4) is 0 Å². The minimum absolute atomic E-state index is 0.0314. The maximum Gasteiger partial charge on any atom is 0.319 e. The fourth-order valence-electron chi connectivity index (χ4n) is 2.05. The van der Waals surface area contributed by atoms with E-state index in [-0.39, 0.29) is 11.6 Å². The number of amides is 2. The maximum absolute atomic E-state index is 11.9. The number of urea groups is 1. The normalized spacial score (nSPS) is 12.1. The number of carbonyl (C=O) groups excluding carboxylic acids is 1. The average Bonchev–Trinajstić information content (AvgIpc) is 2.42. The van der Waals surface area contributed by atoms with E-state index in [4.69, 9.17) is 0 Å². The van der Waals surface area contributed by atoms with E-state index in [1.807, 2.05) is 13.8 Å². The van der Waals surface area contributed by atoms with Gasteiger partial charge in [-0.1, -0.05) is 19.9 Å². The number of hydrogen-bond acceptors (Lipinski definition) is 4. The van der Waals surface area contributed by atoms with Gasteiger partial charge in [-0.25, -0.2) is 4.79 Å². The Labute approximate surface area is 129 Å². The van der Waals surface area contributed by atoms with Crippen molar-refractivity contribution in [2.75, 3.05) is 11.9 Å². The molecule has 0 radical (unpaired) electrons. The Morgan fingerprint density at radius 2 is 2.00 bits per heavy atom. The van der Waals surface area contributed by atoms with Crippen LogP contribution in [0.1, 0.15) is 31.4 Å². The molecule has 0 aliphatic carbocycles. The van der Waals surface area contributed by atoms with Crippen LogP contribution in [0.25, 0.3) is 0 Å². The maximum atomic E-state index is 11.9. The van der Waals surface area contributed by atoms with Crippen molar-refractivity contribution >= 4 is 17.4 Å². The zero-order chi connectivity index (χ0) is 16.9. The number of carbonyl (C=O) groups is 1. The van der Waals surface area contributed by atoms with Crippen LogP contribution in [0.2, 0.25) is 0 Å². The third-order valence-electron chi connectivity index (χ3n) is 3.58. The van der Waals surface area contributed by atoms with E-state index in [2.05, 4.69) is 10.6 Å². The molecule has 22 heavy (non-hydrogen) atoms. The number of aryl methyl sites for hydroxylation is 1. The molecule has 1 unspecified atom stereocenters. The van der Waals surface area contributed by atoms with Gasteiger partial charge in [-0.2, -0.15) is 0 Å². The number of benzene rings is 1. The first-order chi connectivity index (χ1) is 10.2. The molecule has 1 aromatic rings. The highest BCUT2D eigenvalue weighted by Crippen LogP contribution is 2.28. The predicted octanol–water partition coefficient (Wildman–Crippen LogP) is 2.74. The molecule has 0 spiro atoms. The fraction of sp³-hybridized carbons (Fsp3) is 0.533. The van der Waals surface area contributed by atoms with Gasteiger partial charge in [0.2, 0.25) is 0 Å². The summed E-state index contributed by atoms with van der Waals surface area (Å²) in [7, 11) is 0. The van der Waals surface area contributed by atoms with Crippen molar-refractivity contribution in [2.45, 2.75) is 40.2 Å². The number of hydrogen-bond donors (Lipinski definition) is 3. The Bertz CT molecular complexity index is 558.